The van der Waals surface area contributed by atoms with Crippen LogP contribution in [-0.4, -0.2) is 6.61 Å². The van der Waals surface area contributed by atoms with Crippen LogP contribution in [0.1, 0.15) is 23.4 Å². The molecule has 1 atom stereocenters. The van der Waals surface area contributed by atoms with E-state index in [9.17, 15) is 0 Å². The van der Waals surface area contributed by atoms with Crippen molar-refractivity contribution in [2.45, 2.75) is 12.3 Å². The average Bonchev–Trinajstić information content (AvgIpc) is 2.91. The Bertz CT molecular complexity index is 768. The van der Waals surface area contributed by atoms with Crippen LogP contribution in [0.15, 0.2) is 52.3 Å². The zero-order valence-electron chi connectivity index (χ0n) is 11.5. The summed E-state index contributed by atoms with van der Waals surface area (Å²) in [6.07, 6.45) is 0. The number of hydrogen-bond acceptors (Lipinski definition) is 2. The summed E-state index contributed by atoms with van der Waals surface area (Å²) in [6.45, 7) is 2.63. The maximum Gasteiger partial charge on any atom is 0.120 e. The molecule has 0 aliphatic carbocycles. The largest absolute Gasteiger partial charge is 0.494 e. The molecule has 1 nitrogen and oxygen atoms in total. The van der Waals surface area contributed by atoms with Crippen molar-refractivity contribution in [1.29, 1.82) is 0 Å². The van der Waals surface area contributed by atoms with Crippen LogP contribution >= 0.6 is 38.9 Å². The molecule has 0 saturated heterocycles. The Labute approximate surface area is 141 Å². The zero-order chi connectivity index (χ0) is 14.8. The van der Waals surface area contributed by atoms with Gasteiger partial charge in [-0.25, -0.2) is 0 Å². The first-order valence-electron chi connectivity index (χ1n) is 6.73. The lowest BCUT2D eigenvalue weighted by molar-refractivity contribution is 0.340. The minimum atomic E-state index is -0.175. The predicted octanol–water partition coefficient (Wildman–Crippen LogP) is 6.39. The summed E-state index contributed by atoms with van der Waals surface area (Å²) in [6, 6.07) is 14.3. The van der Waals surface area contributed by atoms with E-state index < -0.39 is 0 Å². The van der Waals surface area contributed by atoms with Gasteiger partial charge in [-0.05, 0) is 47.0 Å². The van der Waals surface area contributed by atoms with E-state index in [1.807, 2.05) is 25.1 Å². The molecule has 2 aromatic carbocycles. The van der Waals surface area contributed by atoms with Crippen LogP contribution in [0.4, 0.5) is 0 Å². The lowest BCUT2D eigenvalue weighted by Crippen LogP contribution is -1.96. The van der Waals surface area contributed by atoms with E-state index in [-0.39, 0.29) is 5.38 Å². The number of thiophene rings is 1. The van der Waals surface area contributed by atoms with Crippen molar-refractivity contribution in [3.8, 4) is 5.75 Å². The Morgan fingerprint density at radius 3 is 2.76 bits per heavy atom. The van der Waals surface area contributed by atoms with Crippen molar-refractivity contribution in [3.63, 3.8) is 0 Å². The molecule has 0 aliphatic rings. The first kappa shape index (κ1) is 14.9. The molecule has 3 aromatic rings. The molecule has 0 bridgehead atoms. The second kappa shape index (κ2) is 6.39. The highest BCUT2D eigenvalue weighted by Crippen LogP contribution is 2.40. The van der Waals surface area contributed by atoms with Crippen molar-refractivity contribution >= 4 is 49.0 Å². The normalized spacial score (nSPS) is 12.5. The molecule has 0 aliphatic heterocycles. The van der Waals surface area contributed by atoms with Gasteiger partial charge in [0.25, 0.3) is 0 Å². The molecule has 1 aromatic heterocycles. The minimum absolute atomic E-state index is 0.175. The second-order valence-electron chi connectivity index (χ2n) is 4.67. The highest BCUT2D eigenvalue weighted by molar-refractivity contribution is 9.10. The third-order valence-corrected chi connectivity index (χ3v) is 5.48. The molecule has 0 saturated carbocycles. The number of halogens is 2. The average molecular weight is 382 g/mol. The summed E-state index contributed by atoms with van der Waals surface area (Å²) in [7, 11) is 0. The predicted molar refractivity (Wildman–Crippen MR) is 94.8 cm³/mol. The number of benzene rings is 2. The third kappa shape index (κ3) is 2.96. The Morgan fingerprint density at radius 2 is 2.00 bits per heavy atom. The molecule has 0 spiro atoms. The number of rotatable bonds is 4. The van der Waals surface area contributed by atoms with Crippen LogP contribution in [0.3, 0.4) is 0 Å². The van der Waals surface area contributed by atoms with Crippen LogP contribution in [0, 0.1) is 0 Å². The number of alkyl halides is 1. The van der Waals surface area contributed by atoms with Crippen LogP contribution in [-0.2, 0) is 0 Å². The molecule has 3 rings (SSSR count). The molecule has 0 radical (unpaired) electrons. The molecule has 1 heterocycles. The molecule has 1 unspecified atom stereocenters. The third-order valence-electron chi connectivity index (χ3n) is 3.34. The van der Waals surface area contributed by atoms with Crippen LogP contribution in [0.25, 0.3) is 10.1 Å². The van der Waals surface area contributed by atoms with E-state index in [0.717, 1.165) is 21.3 Å². The second-order valence-corrected chi connectivity index (χ2v) is 6.87. The summed E-state index contributed by atoms with van der Waals surface area (Å²) in [4.78, 5) is 0. The Balaban J connectivity index is 2.00. The Hall–Kier alpha value is -1.03. The lowest BCUT2D eigenvalue weighted by atomic mass is 10.0. The fourth-order valence-electron chi connectivity index (χ4n) is 2.33. The van der Waals surface area contributed by atoms with Gasteiger partial charge in [-0.2, -0.15) is 0 Å². The van der Waals surface area contributed by atoms with Crippen LogP contribution < -0.4 is 4.74 Å². The van der Waals surface area contributed by atoms with Crippen molar-refractivity contribution in [1.82, 2.24) is 0 Å². The first-order valence-corrected chi connectivity index (χ1v) is 8.84. The van der Waals surface area contributed by atoms with Crippen LogP contribution in [0.2, 0.25) is 0 Å². The summed E-state index contributed by atoms with van der Waals surface area (Å²) in [5, 5.41) is 3.19. The van der Waals surface area contributed by atoms with Gasteiger partial charge in [-0.15, -0.1) is 22.9 Å². The molecule has 0 fully saturated rings. The summed E-state index contributed by atoms with van der Waals surface area (Å²) < 4.78 is 7.75. The fraction of sp³-hybridized carbons (Fsp3) is 0.176. The fourth-order valence-corrected chi connectivity index (χ4v) is 4.48. The van der Waals surface area contributed by atoms with Gasteiger partial charge in [0.1, 0.15) is 5.75 Å². The van der Waals surface area contributed by atoms with Crippen molar-refractivity contribution in [2.24, 2.45) is 0 Å². The van der Waals surface area contributed by atoms with Crippen molar-refractivity contribution in [3.05, 3.63) is 63.4 Å². The van der Waals surface area contributed by atoms with Gasteiger partial charge in [-0.3, -0.25) is 0 Å². The van der Waals surface area contributed by atoms with Gasteiger partial charge in [-0.1, -0.05) is 40.2 Å². The highest BCUT2D eigenvalue weighted by Gasteiger charge is 2.18. The molecule has 108 valence electrons. The SMILES string of the molecule is CCOc1ccc(C(Cl)c2csc3ccccc23)c(Br)c1. The lowest BCUT2D eigenvalue weighted by Gasteiger charge is -2.13. The summed E-state index contributed by atoms with van der Waals surface area (Å²) in [5.41, 5.74) is 2.21. The van der Waals surface area contributed by atoms with E-state index in [2.05, 4.69) is 45.6 Å². The number of fused-ring (bicyclic) bond motifs is 1. The van der Waals surface area contributed by atoms with E-state index in [1.165, 1.54) is 10.1 Å². The zero-order valence-corrected chi connectivity index (χ0v) is 14.6. The highest BCUT2D eigenvalue weighted by atomic mass is 79.9. The van der Waals surface area contributed by atoms with Gasteiger partial charge in [0.05, 0.1) is 12.0 Å². The maximum absolute atomic E-state index is 6.72. The number of ether oxygens (including phenoxy) is 1. The maximum atomic E-state index is 6.72. The van der Waals surface area contributed by atoms with Gasteiger partial charge in [0.2, 0.25) is 0 Å². The summed E-state index contributed by atoms with van der Waals surface area (Å²) in [5.74, 6) is 0.854. The van der Waals surface area contributed by atoms with Gasteiger partial charge in [0.15, 0.2) is 0 Å². The molecule has 0 amide bonds. The number of hydrogen-bond donors (Lipinski definition) is 0. The smallest absolute Gasteiger partial charge is 0.120 e. The monoisotopic (exact) mass is 380 g/mol. The van der Waals surface area contributed by atoms with Crippen molar-refractivity contribution < 1.29 is 4.74 Å². The Morgan fingerprint density at radius 1 is 1.19 bits per heavy atom. The van der Waals surface area contributed by atoms with E-state index in [1.54, 1.807) is 11.3 Å². The molecular weight excluding hydrogens is 368 g/mol. The topological polar surface area (TPSA) is 9.23 Å². The Kier molecular flexibility index (Phi) is 4.53. The van der Waals surface area contributed by atoms with Crippen molar-refractivity contribution in [2.75, 3.05) is 6.61 Å². The summed E-state index contributed by atoms with van der Waals surface area (Å²) >= 11 is 12.1. The molecule has 0 N–H and O–H groups in total. The first-order chi connectivity index (χ1) is 10.2. The van der Waals surface area contributed by atoms with E-state index in [4.69, 9.17) is 16.3 Å². The molecular formula is C17H14BrClOS. The quantitative estimate of drug-likeness (QED) is 0.476. The molecule has 4 heteroatoms. The van der Waals surface area contributed by atoms with Crippen LogP contribution in [0.5, 0.6) is 5.75 Å². The van der Waals surface area contributed by atoms with Gasteiger partial charge < -0.3 is 4.74 Å². The molecule has 21 heavy (non-hydrogen) atoms. The van der Waals surface area contributed by atoms with Gasteiger partial charge >= 0.3 is 0 Å². The minimum Gasteiger partial charge on any atom is -0.494 e. The van der Waals surface area contributed by atoms with Gasteiger partial charge in [0, 0.05) is 9.17 Å². The van der Waals surface area contributed by atoms with E-state index in [0.29, 0.717) is 6.61 Å². The van der Waals surface area contributed by atoms with E-state index >= 15 is 0 Å². The standard InChI is InChI=1S/C17H14BrClOS/c1-2-20-11-7-8-13(15(18)9-11)17(19)14-10-21-16-6-4-3-5-12(14)16/h3-10,17H,2H2,1H3.